The molecular formula is C15H16O4. The van der Waals surface area contributed by atoms with Crippen LogP contribution >= 0.6 is 0 Å². The first-order chi connectivity index (χ1) is 9.11. The van der Waals surface area contributed by atoms with Gasteiger partial charge in [-0.05, 0) is 31.0 Å². The molecular weight excluding hydrogens is 244 g/mol. The Hall–Kier alpha value is -2.23. The largest absolute Gasteiger partial charge is 0.485 e. The van der Waals surface area contributed by atoms with Gasteiger partial charge in [0.1, 0.15) is 18.1 Å². The van der Waals surface area contributed by atoms with E-state index in [1.807, 2.05) is 24.3 Å². The first kappa shape index (κ1) is 13.2. The molecule has 0 aliphatic heterocycles. The third-order valence-corrected chi connectivity index (χ3v) is 2.89. The summed E-state index contributed by atoms with van der Waals surface area (Å²) >= 11 is 0. The molecule has 4 nitrogen and oxygen atoms in total. The van der Waals surface area contributed by atoms with Gasteiger partial charge < -0.3 is 14.3 Å². The summed E-state index contributed by atoms with van der Waals surface area (Å²) < 4.78 is 10.9. The number of carboxylic acids is 1. The van der Waals surface area contributed by atoms with E-state index in [0.717, 1.165) is 17.7 Å². The first-order valence-corrected chi connectivity index (χ1v) is 6.15. The number of furan rings is 1. The SMILES string of the molecule is CCc1ccccc1OCc1cc(C)c(C(=O)O)o1. The van der Waals surface area contributed by atoms with Crippen LogP contribution in [0.25, 0.3) is 0 Å². The fraction of sp³-hybridized carbons (Fsp3) is 0.267. The quantitative estimate of drug-likeness (QED) is 0.894. The van der Waals surface area contributed by atoms with E-state index in [9.17, 15) is 4.79 Å². The summed E-state index contributed by atoms with van der Waals surface area (Å²) in [6.07, 6.45) is 0.883. The highest BCUT2D eigenvalue weighted by molar-refractivity contribution is 5.86. The van der Waals surface area contributed by atoms with Crippen molar-refractivity contribution in [3.8, 4) is 5.75 Å². The summed E-state index contributed by atoms with van der Waals surface area (Å²) in [6.45, 7) is 3.99. The van der Waals surface area contributed by atoms with Crippen molar-refractivity contribution in [1.82, 2.24) is 0 Å². The molecule has 0 amide bonds. The fourth-order valence-electron chi connectivity index (χ4n) is 1.92. The standard InChI is InChI=1S/C15H16O4/c1-3-11-6-4-5-7-13(11)18-9-12-8-10(2)14(19-12)15(16)17/h4-8H,3,9H2,1-2H3,(H,16,17). The summed E-state index contributed by atoms with van der Waals surface area (Å²) in [7, 11) is 0. The second-order valence-electron chi connectivity index (χ2n) is 4.28. The van der Waals surface area contributed by atoms with Gasteiger partial charge in [0.05, 0.1) is 0 Å². The minimum absolute atomic E-state index is 0.0256. The summed E-state index contributed by atoms with van der Waals surface area (Å²) in [5.41, 5.74) is 1.72. The number of rotatable bonds is 5. The molecule has 1 N–H and O–H groups in total. The zero-order valence-corrected chi connectivity index (χ0v) is 11.0. The lowest BCUT2D eigenvalue weighted by atomic mass is 10.1. The predicted molar refractivity (Wildman–Crippen MR) is 70.6 cm³/mol. The van der Waals surface area contributed by atoms with Crippen LogP contribution < -0.4 is 4.74 Å². The van der Waals surface area contributed by atoms with Crippen LogP contribution in [0.15, 0.2) is 34.7 Å². The smallest absolute Gasteiger partial charge is 0.372 e. The normalized spacial score (nSPS) is 10.4. The monoisotopic (exact) mass is 260 g/mol. The molecule has 1 aromatic heterocycles. The zero-order valence-electron chi connectivity index (χ0n) is 11.0. The van der Waals surface area contributed by atoms with E-state index >= 15 is 0 Å². The highest BCUT2D eigenvalue weighted by atomic mass is 16.5. The van der Waals surface area contributed by atoms with E-state index in [-0.39, 0.29) is 12.4 Å². The maximum Gasteiger partial charge on any atom is 0.372 e. The number of para-hydroxylation sites is 1. The van der Waals surface area contributed by atoms with Crippen molar-refractivity contribution >= 4 is 5.97 Å². The average Bonchev–Trinajstić information content (AvgIpc) is 2.78. The molecule has 1 aromatic carbocycles. The molecule has 0 saturated heterocycles. The van der Waals surface area contributed by atoms with Gasteiger partial charge >= 0.3 is 5.97 Å². The minimum Gasteiger partial charge on any atom is -0.485 e. The molecule has 2 aromatic rings. The van der Waals surface area contributed by atoms with Crippen LogP contribution in [-0.4, -0.2) is 11.1 Å². The number of ether oxygens (including phenoxy) is 1. The Balaban J connectivity index is 2.10. The minimum atomic E-state index is -1.06. The number of benzene rings is 1. The molecule has 4 heteroatoms. The van der Waals surface area contributed by atoms with Crippen LogP contribution in [0.1, 0.15) is 34.4 Å². The third-order valence-electron chi connectivity index (χ3n) is 2.89. The molecule has 0 fully saturated rings. The van der Waals surface area contributed by atoms with Crippen molar-refractivity contribution in [1.29, 1.82) is 0 Å². The number of carbonyl (C=O) groups is 1. The number of hydrogen-bond acceptors (Lipinski definition) is 3. The van der Waals surface area contributed by atoms with E-state index < -0.39 is 5.97 Å². The molecule has 100 valence electrons. The van der Waals surface area contributed by atoms with Crippen LogP contribution in [-0.2, 0) is 13.0 Å². The Morgan fingerprint density at radius 1 is 1.37 bits per heavy atom. The van der Waals surface area contributed by atoms with Crippen molar-refractivity contribution in [3.05, 3.63) is 53.0 Å². The molecule has 0 saturated carbocycles. The van der Waals surface area contributed by atoms with Crippen LogP contribution in [0.2, 0.25) is 0 Å². The van der Waals surface area contributed by atoms with E-state index in [4.69, 9.17) is 14.3 Å². The summed E-state index contributed by atoms with van der Waals surface area (Å²) in [5.74, 6) is 0.233. The van der Waals surface area contributed by atoms with Gasteiger partial charge in [0.25, 0.3) is 0 Å². The van der Waals surface area contributed by atoms with E-state index in [1.165, 1.54) is 0 Å². The summed E-state index contributed by atoms with van der Waals surface area (Å²) in [5, 5.41) is 8.91. The molecule has 0 radical (unpaired) electrons. The van der Waals surface area contributed by atoms with Crippen molar-refractivity contribution < 1.29 is 19.1 Å². The molecule has 1 heterocycles. The molecule has 0 aliphatic rings. The predicted octanol–water partition coefficient (Wildman–Crippen LogP) is 3.43. The van der Waals surface area contributed by atoms with Crippen molar-refractivity contribution in [3.63, 3.8) is 0 Å². The second-order valence-corrected chi connectivity index (χ2v) is 4.28. The van der Waals surface area contributed by atoms with Gasteiger partial charge in [-0.15, -0.1) is 0 Å². The van der Waals surface area contributed by atoms with Gasteiger partial charge in [0.2, 0.25) is 5.76 Å². The van der Waals surface area contributed by atoms with Crippen molar-refractivity contribution in [2.45, 2.75) is 26.9 Å². The van der Waals surface area contributed by atoms with Crippen LogP contribution in [0, 0.1) is 6.92 Å². The molecule has 0 aliphatic carbocycles. The zero-order chi connectivity index (χ0) is 13.8. The van der Waals surface area contributed by atoms with Crippen molar-refractivity contribution in [2.24, 2.45) is 0 Å². The summed E-state index contributed by atoms with van der Waals surface area (Å²) in [6, 6.07) is 9.46. The number of aryl methyl sites for hydroxylation is 2. The average molecular weight is 260 g/mol. The van der Waals surface area contributed by atoms with Crippen LogP contribution in [0.4, 0.5) is 0 Å². The third kappa shape index (κ3) is 2.96. The molecule has 0 spiro atoms. The Morgan fingerprint density at radius 3 is 2.74 bits per heavy atom. The number of aromatic carboxylic acids is 1. The van der Waals surface area contributed by atoms with Gasteiger partial charge in [-0.2, -0.15) is 0 Å². The molecule has 19 heavy (non-hydrogen) atoms. The second kappa shape index (κ2) is 5.61. The van der Waals surface area contributed by atoms with Gasteiger partial charge in [0.15, 0.2) is 0 Å². The maximum absolute atomic E-state index is 10.9. The highest BCUT2D eigenvalue weighted by Gasteiger charge is 2.14. The van der Waals surface area contributed by atoms with Gasteiger partial charge in [-0.3, -0.25) is 0 Å². The van der Waals surface area contributed by atoms with Gasteiger partial charge in [-0.1, -0.05) is 25.1 Å². The van der Waals surface area contributed by atoms with E-state index in [2.05, 4.69) is 6.92 Å². The lowest BCUT2D eigenvalue weighted by Crippen LogP contribution is -1.97. The van der Waals surface area contributed by atoms with Gasteiger partial charge in [0, 0.05) is 5.56 Å². The molecule has 0 bridgehead atoms. The van der Waals surface area contributed by atoms with Crippen LogP contribution in [0.5, 0.6) is 5.75 Å². The topological polar surface area (TPSA) is 59.7 Å². The van der Waals surface area contributed by atoms with Gasteiger partial charge in [-0.25, -0.2) is 4.79 Å². The number of hydrogen-bond donors (Lipinski definition) is 1. The van der Waals surface area contributed by atoms with E-state index in [1.54, 1.807) is 13.0 Å². The number of carboxylic acid groups (broad SMARTS) is 1. The molecule has 2 rings (SSSR count). The van der Waals surface area contributed by atoms with E-state index in [0.29, 0.717) is 11.3 Å². The Kier molecular flexibility index (Phi) is 3.90. The highest BCUT2D eigenvalue weighted by Crippen LogP contribution is 2.21. The van der Waals surface area contributed by atoms with Crippen molar-refractivity contribution in [2.75, 3.05) is 0 Å². The lowest BCUT2D eigenvalue weighted by Gasteiger charge is -2.08. The Labute approximate surface area is 111 Å². The Morgan fingerprint density at radius 2 is 2.11 bits per heavy atom. The Bertz CT molecular complexity index is 584. The summed E-state index contributed by atoms with van der Waals surface area (Å²) in [4.78, 5) is 10.9. The first-order valence-electron chi connectivity index (χ1n) is 6.15. The fourth-order valence-corrected chi connectivity index (χ4v) is 1.92. The lowest BCUT2D eigenvalue weighted by molar-refractivity contribution is 0.0657. The maximum atomic E-state index is 10.9. The molecule has 0 unspecified atom stereocenters. The van der Waals surface area contributed by atoms with Crippen LogP contribution in [0.3, 0.4) is 0 Å². The molecule has 0 atom stereocenters.